The SMILES string of the molecule is CCN1CC=C(c2cc3cc(C#N)ccc3s2)CC1.O=C(O)CO. The van der Waals surface area contributed by atoms with Gasteiger partial charge in [-0.25, -0.2) is 4.79 Å². The summed E-state index contributed by atoms with van der Waals surface area (Å²) in [6.07, 6.45) is 3.48. The second-order valence-corrected chi connectivity index (χ2v) is 6.48. The minimum atomic E-state index is -1.19. The molecule has 1 aromatic heterocycles. The first-order valence-electron chi connectivity index (χ1n) is 7.75. The van der Waals surface area contributed by atoms with Crippen LogP contribution in [0.5, 0.6) is 0 Å². The number of benzene rings is 1. The van der Waals surface area contributed by atoms with Crippen molar-refractivity contribution in [3.05, 3.63) is 40.8 Å². The Morgan fingerprint density at radius 2 is 2.17 bits per heavy atom. The van der Waals surface area contributed by atoms with Crippen LogP contribution in [0.25, 0.3) is 15.7 Å². The van der Waals surface area contributed by atoms with E-state index in [1.807, 2.05) is 23.5 Å². The van der Waals surface area contributed by atoms with Crippen LogP contribution < -0.4 is 0 Å². The average molecular weight is 344 g/mol. The number of hydrogen-bond acceptors (Lipinski definition) is 5. The summed E-state index contributed by atoms with van der Waals surface area (Å²) in [7, 11) is 0. The molecule has 3 rings (SSSR count). The molecule has 0 saturated carbocycles. The highest BCUT2D eigenvalue weighted by molar-refractivity contribution is 7.20. The maximum absolute atomic E-state index is 9.12. The molecule has 1 aliphatic rings. The minimum absolute atomic E-state index is 0.742. The molecule has 1 aromatic carbocycles. The van der Waals surface area contributed by atoms with Crippen molar-refractivity contribution in [1.82, 2.24) is 4.90 Å². The molecule has 0 bridgehead atoms. The van der Waals surface area contributed by atoms with Crippen LogP contribution in [0.2, 0.25) is 0 Å². The highest BCUT2D eigenvalue weighted by Gasteiger charge is 2.13. The monoisotopic (exact) mass is 344 g/mol. The number of fused-ring (bicyclic) bond motifs is 1. The maximum atomic E-state index is 9.12. The van der Waals surface area contributed by atoms with E-state index in [4.69, 9.17) is 20.3 Å². The van der Waals surface area contributed by atoms with Gasteiger partial charge in [0.05, 0.1) is 11.6 Å². The molecule has 0 saturated heterocycles. The van der Waals surface area contributed by atoms with Gasteiger partial charge in [0, 0.05) is 22.7 Å². The average Bonchev–Trinajstić information content (AvgIpc) is 3.05. The van der Waals surface area contributed by atoms with Gasteiger partial charge in [0.15, 0.2) is 0 Å². The lowest BCUT2D eigenvalue weighted by atomic mass is 10.1. The van der Waals surface area contributed by atoms with Crippen LogP contribution in [0.1, 0.15) is 23.8 Å². The molecule has 0 radical (unpaired) electrons. The van der Waals surface area contributed by atoms with Crippen LogP contribution >= 0.6 is 11.3 Å². The number of aliphatic carboxylic acids is 1. The van der Waals surface area contributed by atoms with Gasteiger partial charge in [-0.2, -0.15) is 5.26 Å². The largest absolute Gasteiger partial charge is 0.480 e. The molecule has 0 aliphatic carbocycles. The van der Waals surface area contributed by atoms with Crippen molar-refractivity contribution >= 4 is 33.0 Å². The topological polar surface area (TPSA) is 84.6 Å². The van der Waals surface area contributed by atoms with E-state index < -0.39 is 12.6 Å². The number of aliphatic hydroxyl groups excluding tert-OH is 1. The van der Waals surface area contributed by atoms with E-state index >= 15 is 0 Å². The molecule has 126 valence electrons. The van der Waals surface area contributed by atoms with Gasteiger partial charge in [-0.15, -0.1) is 11.3 Å². The van der Waals surface area contributed by atoms with E-state index in [2.05, 4.69) is 36.1 Å². The van der Waals surface area contributed by atoms with Crippen LogP contribution in [0.4, 0.5) is 0 Å². The Kier molecular flexibility index (Phi) is 6.50. The van der Waals surface area contributed by atoms with E-state index in [1.165, 1.54) is 20.5 Å². The molecule has 0 amide bonds. The third-order valence-electron chi connectivity index (χ3n) is 3.84. The number of carbonyl (C=O) groups is 1. The number of carboxylic acid groups (broad SMARTS) is 1. The summed E-state index contributed by atoms with van der Waals surface area (Å²) in [5.41, 5.74) is 2.20. The highest BCUT2D eigenvalue weighted by atomic mass is 32.1. The molecule has 2 N–H and O–H groups in total. The Morgan fingerprint density at radius 1 is 1.42 bits per heavy atom. The van der Waals surface area contributed by atoms with Crippen LogP contribution in [0.3, 0.4) is 0 Å². The summed E-state index contributed by atoms with van der Waals surface area (Å²) in [5.74, 6) is -1.19. The second kappa shape index (κ2) is 8.60. The van der Waals surface area contributed by atoms with Crippen molar-refractivity contribution in [3.8, 4) is 6.07 Å². The van der Waals surface area contributed by atoms with Gasteiger partial charge in [-0.1, -0.05) is 13.0 Å². The summed E-state index contributed by atoms with van der Waals surface area (Å²) in [6, 6.07) is 10.4. The zero-order valence-corrected chi connectivity index (χ0v) is 14.3. The number of rotatable bonds is 3. The van der Waals surface area contributed by atoms with E-state index in [0.29, 0.717) is 0 Å². The molecule has 0 spiro atoms. The summed E-state index contributed by atoms with van der Waals surface area (Å²) >= 11 is 1.84. The fraction of sp³-hybridized carbons (Fsp3) is 0.333. The summed E-state index contributed by atoms with van der Waals surface area (Å²) in [5, 5.41) is 25.2. The molecule has 5 nitrogen and oxygen atoms in total. The van der Waals surface area contributed by atoms with Gasteiger partial charge < -0.3 is 10.2 Å². The maximum Gasteiger partial charge on any atom is 0.329 e. The van der Waals surface area contributed by atoms with Gasteiger partial charge in [-0.05, 0) is 48.2 Å². The van der Waals surface area contributed by atoms with Crippen molar-refractivity contribution in [2.24, 2.45) is 0 Å². The molecular weight excluding hydrogens is 324 g/mol. The standard InChI is InChI=1S/C16H16N2S.C2H4O3/c1-2-18-7-5-13(6-8-18)16-10-14-9-12(11-17)3-4-15(14)19-16;3-1-2(4)5/h3-5,9-10H,2,6-8H2,1H3;3H,1H2,(H,4,5). The number of carboxylic acids is 1. The quantitative estimate of drug-likeness (QED) is 0.894. The van der Waals surface area contributed by atoms with Crippen LogP contribution in [-0.2, 0) is 4.79 Å². The smallest absolute Gasteiger partial charge is 0.329 e. The molecule has 2 heterocycles. The number of hydrogen-bond donors (Lipinski definition) is 2. The Balaban J connectivity index is 0.000000368. The van der Waals surface area contributed by atoms with Gasteiger partial charge in [0.1, 0.15) is 6.61 Å². The molecular formula is C18H20N2O3S. The first-order valence-corrected chi connectivity index (χ1v) is 8.57. The molecule has 0 unspecified atom stereocenters. The number of nitrogens with zero attached hydrogens (tertiary/aromatic N) is 2. The van der Waals surface area contributed by atoms with Crippen molar-refractivity contribution in [2.45, 2.75) is 13.3 Å². The molecule has 0 fully saturated rings. The lowest BCUT2D eigenvalue weighted by molar-refractivity contribution is -0.140. The fourth-order valence-corrected chi connectivity index (χ4v) is 3.60. The lowest BCUT2D eigenvalue weighted by Gasteiger charge is -2.24. The van der Waals surface area contributed by atoms with E-state index in [0.717, 1.165) is 31.6 Å². The third kappa shape index (κ3) is 4.65. The molecule has 1 aliphatic heterocycles. The number of aliphatic hydroxyl groups is 1. The minimum Gasteiger partial charge on any atom is -0.480 e. The van der Waals surface area contributed by atoms with E-state index in [-0.39, 0.29) is 0 Å². The van der Waals surface area contributed by atoms with E-state index in [1.54, 1.807) is 0 Å². The van der Waals surface area contributed by atoms with Gasteiger partial charge in [0.2, 0.25) is 0 Å². The van der Waals surface area contributed by atoms with Gasteiger partial charge >= 0.3 is 5.97 Å². The van der Waals surface area contributed by atoms with Crippen molar-refractivity contribution in [3.63, 3.8) is 0 Å². The molecule has 24 heavy (non-hydrogen) atoms. The fourth-order valence-electron chi connectivity index (χ4n) is 2.49. The normalized spacial score (nSPS) is 14.5. The lowest BCUT2D eigenvalue weighted by Crippen LogP contribution is -2.27. The highest BCUT2D eigenvalue weighted by Crippen LogP contribution is 2.33. The zero-order valence-electron chi connectivity index (χ0n) is 13.5. The van der Waals surface area contributed by atoms with Crippen LogP contribution in [0.15, 0.2) is 30.3 Å². The zero-order chi connectivity index (χ0) is 17.5. The first kappa shape index (κ1) is 18.1. The third-order valence-corrected chi connectivity index (χ3v) is 5.03. The van der Waals surface area contributed by atoms with Crippen LogP contribution in [0, 0.1) is 11.3 Å². The Hall–Kier alpha value is -2.20. The number of likely N-dealkylation sites (N-methyl/N-ethyl adjacent to an activating group) is 1. The number of nitriles is 1. The predicted octanol–water partition coefficient (Wildman–Crippen LogP) is 2.95. The summed E-state index contributed by atoms with van der Waals surface area (Å²) in [6.45, 7) is 4.77. The Morgan fingerprint density at radius 3 is 2.71 bits per heavy atom. The number of thiophene rings is 1. The Labute approximate surface area is 145 Å². The summed E-state index contributed by atoms with van der Waals surface area (Å²) < 4.78 is 1.27. The first-order chi connectivity index (χ1) is 11.6. The van der Waals surface area contributed by atoms with Crippen molar-refractivity contribution in [1.29, 1.82) is 5.26 Å². The van der Waals surface area contributed by atoms with Crippen molar-refractivity contribution in [2.75, 3.05) is 26.2 Å². The van der Waals surface area contributed by atoms with Gasteiger partial charge in [-0.3, -0.25) is 4.90 Å². The van der Waals surface area contributed by atoms with Crippen molar-refractivity contribution < 1.29 is 15.0 Å². The predicted molar refractivity (Wildman–Crippen MR) is 96.0 cm³/mol. The second-order valence-electron chi connectivity index (χ2n) is 5.40. The molecule has 0 atom stereocenters. The molecule has 2 aromatic rings. The van der Waals surface area contributed by atoms with E-state index in [9.17, 15) is 0 Å². The van der Waals surface area contributed by atoms with Crippen LogP contribution in [-0.4, -0.2) is 47.3 Å². The molecule has 6 heteroatoms. The Bertz CT molecular complexity index is 789. The van der Waals surface area contributed by atoms with Gasteiger partial charge in [0.25, 0.3) is 0 Å². The summed E-state index contributed by atoms with van der Waals surface area (Å²) in [4.78, 5) is 12.9.